The van der Waals surface area contributed by atoms with Gasteiger partial charge in [-0.3, -0.25) is 4.79 Å². The lowest BCUT2D eigenvalue weighted by molar-refractivity contribution is 0.0952. The van der Waals surface area contributed by atoms with Gasteiger partial charge in [0.15, 0.2) is 0 Å². The van der Waals surface area contributed by atoms with Crippen molar-refractivity contribution in [3.8, 4) is 5.75 Å². The van der Waals surface area contributed by atoms with Crippen molar-refractivity contribution in [2.75, 3.05) is 13.2 Å². The second-order valence-electron chi connectivity index (χ2n) is 9.25. The minimum Gasteiger partial charge on any atom is -0.494 e. The summed E-state index contributed by atoms with van der Waals surface area (Å²) in [6.07, 6.45) is 5.95. The first-order valence-electron chi connectivity index (χ1n) is 13.2. The summed E-state index contributed by atoms with van der Waals surface area (Å²) in [6, 6.07) is 24.4. The molecule has 4 rings (SSSR count). The molecule has 3 aromatic carbocycles. The van der Waals surface area contributed by atoms with Crippen molar-refractivity contribution in [2.24, 2.45) is 0 Å². The van der Waals surface area contributed by atoms with E-state index in [2.05, 4.69) is 59.3 Å². The molecule has 0 aliphatic carbocycles. The van der Waals surface area contributed by atoms with Crippen LogP contribution in [0.4, 0.5) is 0 Å². The summed E-state index contributed by atoms with van der Waals surface area (Å²) in [4.78, 5) is 17.3. The maximum atomic E-state index is 12.4. The fourth-order valence-electron chi connectivity index (χ4n) is 4.51. The average Bonchev–Trinajstić information content (AvgIpc) is 3.26. The molecule has 1 amide bonds. The largest absolute Gasteiger partial charge is 0.494 e. The number of imidazole rings is 1. The Morgan fingerprint density at radius 3 is 2.50 bits per heavy atom. The Labute approximate surface area is 214 Å². The molecule has 0 bridgehead atoms. The minimum absolute atomic E-state index is 0.0124. The molecule has 0 aliphatic rings. The maximum absolute atomic E-state index is 12.4. The van der Waals surface area contributed by atoms with Crippen LogP contribution in [0.15, 0.2) is 72.8 Å². The molecular weight excluding hydrogens is 446 g/mol. The van der Waals surface area contributed by atoms with Crippen LogP contribution in [-0.2, 0) is 19.4 Å². The number of benzene rings is 3. The number of rotatable bonds is 13. The van der Waals surface area contributed by atoms with E-state index in [-0.39, 0.29) is 5.91 Å². The first-order chi connectivity index (χ1) is 17.7. The van der Waals surface area contributed by atoms with Crippen LogP contribution in [0.25, 0.3) is 11.0 Å². The Morgan fingerprint density at radius 2 is 1.69 bits per heavy atom. The van der Waals surface area contributed by atoms with E-state index in [1.165, 1.54) is 11.1 Å². The zero-order valence-electron chi connectivity index (χ0n) is 21.5. The zero-order valence-corrected chi connectivity index (χ0v) is 21.5. The SMILES string of the molecule is CCc1ccc(OCCCn2c(CCCCCNC(=O)c3ccccc3C)nc3ccccc32)cc1. The summed E-state index contributed by atoms with van der Waals surface area (Å²) < 4.78 is 8.32. The third kappa shape index (κ3) is 6.75. The monoisotopic (exact) mass is 483 g/mol. The molecule has 1 heterocycles. The van der Waals surface area contributed by atoms with Gasteiger partial charge in [0, 0.05) is 25.1 Å². The molecule has 0 atom stereocenters. The number of hydrogen-bond donors (Lipinski definition) is 1. The summed E-state index contributed by atoms with van der Waals surface area (Å²) in [5.74, 6) is 2.07. The van der Waals surface area contributed by atoms with Crippen LogP contribution in [0.5, 0.6) is 5.75 Å². The number of fused-ring (bicyclic) bond motifs is 1. The Kier molecular flexibility index (Phi) is 9.15. The predicted molar refractivity (Wildman–Crippen MR) is 147 cm³/mol. The van der Waals surface area contributed by atoms with Crippen molar-refractivity contribution in [2.45, 2.75) is 58.9 Å². The first kappa shape index (κ1) is 25.5. The molecule has 0 fully saturated rings. The number of ether oxygens (including phenoxy) is 1. The van der Waals surface area contributed by atoms with E-state index < -0.39 is 0 Å². The van der Waals surface area contributed by atoms with Gasteiger partial charge in [0.05, 0.1) is 17.6 Å². The maximum Gasteiger partial charge on any atom is 0.251 e. The third-order valence-electron chi connectivity index (χ3n) is 6.61. The van der Waals surface area contributed by atoms with Gasteiger partial charge in [-0.2, -0.15) is 0 Å². The highest BCUT2D eigenvalue weighted by molar-refractivity contribution is 5.95. The Hall–Kier alpha value is -3.60. The van der Waals surface area contributed by atoms with E-state index in [1.807, 2.05) is 37.3 Å². The van der Waals surface area contributed by atoms with Gasteiger partial charge in [-0.15, -0.1) is 0 Å². The summed E-state index contributed by atoms with van der Waals surface area (Å²) in [7, 11) is 0. The molecule has 5 nitrogen and oxygen atoms in total. The van der Waals surface area contributed by atoms with E-state index in [0.717, 1.165) is 73.3 Å². The number of hydrogen-bond acceptors (Lipinski definition) is 3. The molecule has 0 aliphatic heterocycles. The number of para-hydroxylation sites is 2. The molecule has 0 radical (unpaired) electrons. The zero-order chi connectivity index (χ0) is 25.2. The van der Waals surface area contributed by atoms with Crippen LogP contribution in [0, 0.1) is 6.92 Å². The van der Waals surface area contributed by atoms with Crippen molar-refractivity contribution >= 4 is 16.9 Å². The number of carbonyl (C=O) groups excluding carboxylic acids is 1. The molecule has 1 N–H and O–H groups in total. The van der Waals surface area contributed by atoms with Crippen molar-refractivity contribution in [3.05, 3.63) is 95.3 Å². The van der Waals surface area contributed by atoms with Gasteiger partial charge in [-0.25, -0.2) is 4.98 Å². The Balaban J connectivity index is 1.24. The summed E-state index contributed by atoms with van der Waals surface area (Å²) >= 11 is 0. The lowest BCUT2D eigenvalue weighted by Gasteiger charge is -2.11. The van der Waals surface area contributed by atoms with Gasteiger partial charge >= 0.3 is 0 Å². The highest BCUT2D eigenvalue weighted by atomic mass is 16.5. The van der Waals surface area contributed by atoms with E-state index >= 15 is 0 Å². The molecular formula is C31H37N3O2. The van der Waals surface area contributed by atoms with Gasteiger partial charge in [0.2, 0.25) is 0 Å². The van der Waals surface area contributed by atoms with Gasteiger partial charge in [0.1, 0.15) is 11.6 Å². The Bertz CT molecular complexity index is 1260. The summed E-state index contributed by atoms with van der Waals surface area (Å²) in [5.41, 5.74) is 5.33. The molecule has 1 aromatic heterocycles. The molecule has 5 heteroatoms. The van der Waals surface area contributed by atoms with E-state index in [9.17, 15) is 4.79 Å². The fraction of sp³-hybridized carbons (Fsp3) is 0.355. The van der Waals surface area contributed by atoms with Gasteiger partial charge in [0.25, 0.3) is 5.91 Å². The van der Waals surface area contributed by atoms with Crippen LogP contribution in [-0.4, -0.2) is 28.6 Å². The van der Waals surface area contributed by atoms with Crippen LogP contribution in [0.1, 0.15) is 59.9 Å². The van der Waals surface area contributed by atoms with Crippen molar-refractivity contribution in [3.63, 3.8) is 0 Å². The molecule has 188 valence electrons. The molecule has 0 saturated carbocycles. The van der Waals surface area contributed by atoms with Crippen molar-refractivity contribution in [1.29, 1.82) is 0 Å². The van der Waals surface area contributed by atoms with Gasteiger partial charge in [-0.1, -0.05) is 55.8 Å². The van der Waals surface area contributed by atoms with Gasteiger partial charge in [-0.05, 0) is 74.1 Å². The molecule has 4 aromatic rings. The number of carbonyl (C=O) groups is 1. The third-order valence-corrected chi connectivity index (χ3v) is 6.61. The molecule has 0 unspecified atom stereocenters. The molecule has 0 saturated heterocycles. The van der Waals surface area contributed by atoms with Crippen LogP contribution < -0.4 is 10.1 Å². The predicted octanol–water partition coefficient (Wildman–Crippen LogP) is 6.52. The first-order valence-corrected chi connectivity index (χ1v) is 13.2. The highest BCUT2D eigenvalue weighted by Crippen LogP contribution is 2.19. The second kappa shape index (κ2) is 12.9. The van der Waals surface area contributed by atoms with Crippen LogP contribution in [0.2, 0.25) is 0 Å². The topological polar surface area (TPSA) is 56.1 Å². The van der Waals surface area contributed by atoms with Crippen LogP contribution >= 0.6 is 0 Å². The fourth-order valence-corrected chi connectivity index (χ4v) is 4.51. The highest BCUT2D eigenvalue weighted by Gasteiger charge is 2.11. The standard InChI is InChI=1S/C31H37N3O2/c1-3-25-17-19-26(20-18-25)36-23-11-22-34-29-15-9-8-14-28(29)33-30(34)16-5-4-10-21-32-31(35)27-13-7-6-12-24(27)2/h6-9,12-15,17-20H,3-5,10-11,16,21-23H2,1-2H3,(H,32,35). The average molecular weight is 484 g/mol. The van der Waals surface area contributed by atoms with Gasteiger partial charge < -0.3 is 14.6 Å². The summed E-state index contributed by atoms with van der Waals surface area (Å²) in [6.45, 7) is 6.39. The van der Waals surface area contributed by atoms with Crippen molar-refractivity contribution < 1.29 is 9.53 Å². The second-order valence-corrected chi connectivity index (χ2v) is 9.25. The normalized spacial score (nSPS) is 11.1. The van der Waals surface area contributed by atoms with E-state index in [0.29, 0.717) is 13.2 Å². The lowest BCUT2D eigenvalue weighted by Crippen LogP contribution is -2.25. The lowest BCUT2D eigenvalue weighted by atomic mass is 10.1. The van der Waals surface area contributed by atoms with Crippen molar-refractivity contribution in [1.82, 2.24) is 14.9 Å². The molecule has 36 heavy (non-hydrogen) atoms. The minimum atomic E-state index is 0.0124. The number of nitrogens with one attached hydrogen (secondary N) is 1. The number of aromatic nitrogens is 2. The summed E-state index contributed by atoms with van der Waals surface area (Å²) in [5, 5.41) is 3.05. The molecule has 0 spiro atoms. The number of nitrogens with zero attached hydrogens (tertiary/aromatic N) is 2. The smallest absolute Gasteiger partial charge is 0.251 e. The van der Waals surface area contributed by atoms with Crippen LogP contribution in [0.3, 0.4) is 0 Å². The number of aryl methyl sites for hydroxylation is 4. The quantitative estimate of drug-likeness (QED) is 0.220. The van der Waals surface area contributed by atoms with E-state index in [4.69, 9.17) is 9.72 Å². The number of unbranched alkanes of at least 4 members (excludes halogenated alkanes) is 2. The van der Waals surface area contributed by atoms with E-state index in [1.54, 1.807) is 0 Å². The number of amides is 1. The Morgan fingerprint density at radius 1 is 0.917 bits per heavy atom.